The van der Waals surface area contributed by atoms with Gasteiger partial charge in [0.25, 0.3) is 0 Å². The molecule has 5 heteroatoms. The van der Waals surface area contributed by atoms with Crippen molar-refractivity contribution in [3.8, 4) is 0 Å². The van der Waals surface area contributed by atoms with Crippen LogP contribution in [-0.2, 0) is 17.5 Å². The van der Waals surface area contributed by atoms with Gasteiger partial charge in [-0.15, -0.1) is 0 Å². The first-order valence-corrected chi connectivity index (χ1v) is 5.25. The van der Waals surface area contributed by atoms with Gasteiger partial charge in [0.2, 0.25) is 0 Å². The minimum atomic E-state index is -1.14. The molecule has 0 fully saturated rings. The van der Waals surface area contributed by atoms with Crippen molar-refractivity contribution < 1.29 is 8.09 Å². The van der Waals surface area contributed by atoms with Crippen molar-refractivity contribution in [3.05, 3.63) is 23.8 Å². The molecule has 0 aliphatic carbocycles. The fraction of sp³-hybridized carbons (Fsp3) is 0.143. The maximum absolute atomic E-state index is 12.1. The van der Waals surface area contributed by atoms with Gasteiger partial charge >= 0.3 is 0 Å². The fourth-order valence-electron chi connectivity index (χ4n) is 1.12. The standard InChI is InChI=1S/C7H6FNOS2/c8-11-6-2-1-5-4-9-12(10)7(5)3-6/h1-3,9H,4H2. The molecule has 2 nitrogen and oxygen atoms in total. The molecule has 0 saturated carbocycles. The van der Waals surface area contributed by atoms with Crippen LogP contribution in [0.15, 0.2) is 28.0 Å². The molecule has 2 rings (SSSR count). The van der Waals surface area contributed by atoms with Crippen LogP contribution in [0.2, 0.25) is 0 Å². The molecule has 0 bridgehead atoms. The molecule has 1 heterocycles. The lowest BCUT2D eigenvalue weighted by molar-refractivity contribution is 0.678. The molecule has 1 aromatic rings. The Morgan fingerprint density at radius 3 is 3.17 bits per heavy atom. The summed E-state index contributed by atoms with van der Waals surface area (Å²) in [5.74, 6) is 0. The molecule has 1 aliphatic rings. The number of rotatable bonds is 1. The van der Waals surface area contributed by atoms with Crippen LogP contribution in [0.1, 0.15) is 5.56 Å². The number of hydrogen-bond donors (Lipinski definition) is 1. The van der Waals surface area contributed by atoms with Gasteiger partial charge in [-0.3, -0.25) is 0 Å². The van der Waals surface area contributed by atoms with Crippen LogP contribution in [0.25, 0.3) is 0 Å². The highest BCUT2D eigenvalue weighted by atomic mass is 32.2. The second-order valence-corrected chi connectivity index (χ2v) is 4.33. The summed E-state index contributed by atoms with van der Waals surface area (Å²) < 4.78 is 26.1. The normalized spacial score (nSPS) is 20.9. The monoisotopic (exact) mass is 203 g/mol. The van der Waals surface area contributed by atoms with E-state index in [1.165, 1.54) is 0 Å². The topological polar surface area (TPSA) is 29.1 Å². The van der Waals surface area contributed by atoms with Crippen LogP contribution in [-0.4, -0.2) is 4.21 Å². The van der Waals surface area contributed by atoms with Crippen molar-refractivity contribution in [1.29, 1.82) is 0 Å². The van der Waals surface area contributed by atoms with Gasteiger partial charge in [0.05, 0.1) is 17.0 Å². The Hall–Kier alpha value is -0.390. The molecule has 64 valence electrons. The van der Waals surface area contributed by atoms with Crippen LogP contribution in [0.3, 0.4) is 0 Å². The van der Waals surface area contributed by atoms with E-state index in [9.17, 15) is 8.09 Å². The summed E-state index contributed by atoms with van der Waals surface area (Å²) in [6.45, 7) is 0.610. The SMILES string of the molecule is O=S1NCc2ccc(SF)cc21. The first kappa shape index (κ1) is 8.22. The second-order valence-electron chi connectivity index (χ2n) is 2.44. The maximum Gasteiger partial charge on any atom is 0.125 e. The van der Waals surface area contributed by atoms with Gasteiger partial charge in [0.1, 0.15) is 11.0 Å². The molecule has 0 radical (unpaired) electrons. The molecule has 1 atom stereocenters. The van der Waals surface area contributed by atoms with Crippen LogP contribution in [0, 0.1) is 0 Å². The Labute approximate surface area is 76.4 Å². The molecule has 1 aliphatic heterocycles. The highest BCUT2D eigenvalue weighted by Gasteiger charge is 2.17. The minimum absolute atomic E-state index is 0.175. The van der Waals surface area contributed by atoms with E-state index in [1.54, 1.807) is 18.2 Å². The average Bonchev–Trinajstić information content (AvgIpc) is 2.47. The van der Waals surface area contributed by atoms with Crippen molar-refractivity contribution in [2.45, 2.75) is 16.3 Å². The van der Waals surface area contributed by atoms with Gasteiger partial charge in [-0.05, 0) is 17.7 Å². The summed E-state index contributed by atoms with van der Waals surface area (Å²) in [5, 5.41) is 0. The molecular formula is C7H6FNOS2. The molecule has 12 heavy (non-hydrogen) atoms. The Morgan fingerprint density at radius 2 is 2.42 bits per heavy atom. The lowest BCUT2D eigenvalue weighted by atomic mass is 10.2. The average molecular weight is 203 g/mol. The first-order valence-electron chi connectivity index (χ1n) is 3.38. The molecule has 1 unspecified atom stereocenters. The third-order valence-electron chi connectivity index (χ3n) is 1.72. The van der Waals surface area contributed by atoms with E-state index < -0.39 is 11.0 Å². The number of halogens is 1. The van der Waals surface area contributed by atoms with Gasteiger partial charge in [-0.2, -0.15) is 3.89 Å². The lowest BCUT2D eigenvalue weighted by Crippen LogP contribution is -2.05. The van der Waals surface area contributed by atoms with Crippen molar-refractivity contribution in [2.75, 3.05) is 0 Å². The summed E-state index contributed by atoms with van der Waals surface area (Å²) in [6.07, 6.45) is 0. The Morgan fingerprint density at radius 1 is 1.58 bits per heavy atom. The number of fused-ring (bicyclic) bond motifs is 1. The van der Waals surface area contributed by atoms with Crippen LogP contribution in [0.4, 0.5) is 3.89 Å². The highest BCUT2D eigenvalue weighted by molar-refractivity contribution is 7.94. The van der Waals surface area contributed by atoms with Gasteiger partial charge in [-0.1, -0.05) is 6.07 Å². The maximum atomic E-state index is 12.1. The predicted molar refractivity (Wildman–Crippen MR) is 46.7 cm³/mol. The van der Waals surface area contributed by atoms with E-state index in [2.05, 4.69) is 4.72 Å². The zero-order valence-electron chi connectivity index (χ0n) is 6.04. The fourth-order valence-corrected chi connectivity index (χ4v) is 2.53. The van der Waals surface area contributed by atoms with E-state index in [0.717, 1.165) is 5.56 Å². The molecule has 1 aromatic carbocycles. The van der Waals surface area contributed by atoms with Crippen LogP contribution >= 0.6 is 12.1 Å². The molecule has 0 aromatic heterocycles. The quantitative estimate of drug-likeness (QED) is 0.754. The third kappa shape index (κ3) is 1.28. The van der Waals surface area contributed by atoms with Gasteiger partial charge in [0.15, 0.2) is 0 Å². The molecule has 0 amide bonds. The van der Waals surface area contributed by atoms with Crippen LogP contribution in [0.5, 0.6) is 0 Å². The molecular weight excluding hydrogens is 197 g/mol. The number of benzene rings is 1. The molecule has 0 saturated heterocycles. The smallest absolute Gasteiger partial charge is 0.125 e. The Kier molecular flexibility index (Phi) is 2.16. The lowest BCUT2D eigenvalue weighted by Gasteiger charge is -1.96. The van der Waals surface area contributed by atoms with E-state index >= 15 is 0 Å². The van der Waals surface area contributed by atoms with Gasteiger partial charge in [0, 0.05) is 11.4 Å². The van der Waals surface area contributed by atoms with Crippen molar-refractivity contribution >= 4 is 23.1 Å². The molecule has 0 spiro atoms. The Bertz CT molecular complexity index is 342. The largest absolute Gasteiger partial charge is 0.237 e. The van der Waals surface area contributed by atoms with E-state index in [0.29, 0.717) is 16.3 Å². The van der Waals surface area contributed by atoms with E-state index in [1.807, 2.05) is 0 Å². The Balaban J connectivity index is 2.50. The van der Waals surface area contributed by atoms with E-state index in [-0.39, 0.29) is 12.1 Å². The van der Waals surface area contributed by atoms with Crippen LogP contribution < -0.4 is 4.72 Å². The number of hydrogen-bond acceptors (Lipinski definition) is 2. The van der Waals surface area contributed by atoms with E-state index in [4.69, 9.17) is 0 Å². The molecule has 1 N–H and O–H groups in total. The summed E-state index contributed by atoms with van der Waals surface area (Å²) in [4.78, 5) is 1.21. The predicted octanol–water partition coefficient (Wildman–Crippen LogP) is 1.79. The number of nitrogens with one attached hydrogen (secondary N) is 1. The summed E-state index contributed by atoms with van der Waals surface area (Å²) in [5.41, 5.74) is 0.992. The first-order chi connectivity index (χ1) is 5.81. The second kappa shape index (κ2) is 3.16. The van der Waals surface area contributed by atoms with Crippen molar-refractivity contribution in [2.24, 2.45) is 0 Å². The van der Waals surface area contributed by atoms with Crippen molar-refractivity contribution in [1.82, 2.24) is 4.72 Å². The third-order valence-corrected chi connectivity index (χ3v) is 3.34. The summed E-state index contributed by atoms with van der Waals surface area (Å²) >= 11 is 0.175. The van der Waals surface area contributed by atoms with Gasteiger partial charge < -0.3 is 0 Å². The highest BCUT2D eigenvalue weighted by Crippen LogP contribution is 2.26. The zero-order chi connectivity index (χ0) is 8.55. The minimum Gasteiger partial charge on any atom is -0.237 e. The van der Waals surface area contributed by atoms with Crippen molar-refractivity contribution in [3.63, 3.8) is 0 Å². The van der Waals surface area contributed by atoms with Gasteiger partial charge in [-0.25, -0.2) is 8.93 Å². The zero-order valence-corrected chi connectivity index (χ0v) is 7.67. The summed E-state index contributed by atoms with van der Waals surface area (Å²) in [6, 6.07) is 5.11. The summed E-state index contributed by atoms with van der Waals surface area (Å²) in [7, 11) is -1.14.